The van der Waals surface area contributed by atoms with Crippen LogP contribution in [-0.4, -0.2) is 23.5 Å². The van der Waals surface area contributed by atoms with Crippen LogP contribution < -0.4 is 10.6 Å². The Morgan fingerprint density at radius 1 is 1.69 bits per heavy atom. The molecular formula is C11H14ClN3O. The Balaban J connectivity index is 2.02. The van der Waals surface area contributed by atoms with E-state index in [-0.39, 0.29) is 17.9 Å². The second kappa shape index (κ2) is 4.80. The van der Waals surface area contributed by atoms with Crippen molar-refractivity contribution in [1.29, 1.82) is 0 Å². The molecule has 1 saturated heterocycles. The Labute approximate surface area is 99.4 Å². The van der Waals surface area contributed by atoms with Crippen molar-refractivity contribution >= 4 is 23.2 Å². The zero-order valence-corrected chi connectivity index (χ0v) is 9.79. The molecule has 0 radical (unpaired) electrons. The van der Waals surface area contributed by atoms with Gasteiger partial charge < -0.3 is 10.6 Å². The number of pyridine rings is 1. The number of nitrogens with one attached hydrogen (secondary N) is 2. The molecule has 86 valence electrons. The number of carbonyl (C=O) groups is 1. The maximum atomic E-state index is 11.9. The molecule has 4 nitrogen and oxygen atoms in total. The van der Waals surface area contributed by atoms with Crippen LogP contribution in [0.5, 0.6) is 0 Å². The van der Waals surface area contributed by atoms with E-state index in [9.17, 15) is 4.79 Å². The minimum absolute atomic E-state index is 0.0342. The standard InChI is InChI=1S/C11H14ClN3O/c1-7-9(3-5-13-7)11(16)15-8-2-4-14-10(12)6-8/h2,4,6-7,9,13H,3,5H2,1H3,(H,14,15,16). The van der Waals surface area contributed by atoms with Crippen molar-refractivity contribution in [2.45, 2.75) is 19.4 Å². The lowest BCUT2D eigenvalue weighted by molar-refractivity contribution is -0.119. The van der Waals surface area contributed by atoms with Gasteiger partial charge in [-0.05, 0) is 32.0 Å². The molecule has 1 amide bonds. The predicted octanol–water partition coefficient (Wildman–Crippen LogP) is 1.67. The molecule has 0 saturated carbocycles. The zero-order chi connectivity index (χ0) is 11.5. The summed E-state index contributed by atoms with van der Waals surface area (Å²) >= 11 is 5.74. The number of nitrogens with zero attached hydrogens (tertiary/aromatic N) is 1. The van der Waals surface area contributed by atoms with E-state index < -0.39 is 0 Å². The Kier molecular flexibility index (Phi) is 3.41. The maximum absolute atomic E-state index is 11.9. The fourth-order valence-corrected chi connectivity index (χ4v) is 2.11. The van der Waals surface area contributed by atoms with Gasteiger partial charge in [-0.1, -0.05) is 11.6 Å². The number of carbonyl (C=O) groups excluding carboxylic acids is 1. The van der Waals surface area contributed by atoms with Crippen molar-refractivity contribution in [2.24, 2.45) is 5.92 Å². The number of hydrogen-bond donors (Lipinski definition) is 2. The van der Waals surface area contributed by atoms with Gasteiger partial charge in [0.15, 0.2) is 0 Å². The van der Waals surface area contributed by atoms with E-state index in [0.717, 1.165) is 13.0 Å². The van der Waals surface area contributed by atoms with E-state index >= 15 is 0 Å². The van der Waals surface area contributed by atoms with Crippen molar-refractivity contribution in [3.63, 3.8) is 0 Å². The smallest absolute Gasteiger partial charge is 0.229 e. The summed E-state index contributed by atoms with van der Waals surface area (Å²) in [4.78, 5) is 15.8. The summed E-state index contributed by atoms with van der Waals surface area (Å²) in [5, 5.41) is 6.48. The molecule has 1 aliphatic rings. The minimum atomic E-state index is 0.0342. The van der Waals surface area contributed by atoms with Gasteiger partial charge in [-0.3, -0.25) is 4.79 Å². The van der Waals surface area contributed by atoms with Crippen LogP contribution in [0.4, 0.5) is 5.69 Å². The molecule has 0 aliphatic carbocycles. The normalized spacial score (nSPS) is 24.4. The zero-order valence-electron chi connectivity index (χ0n) is 9.03. The third kappa shape index (κ3) is 2.51. The van der Waals surface area contributed by atoms with Gasteiger partial charge in [0.2, 0.25) is 5.91 Å². The summed E-state index contributed by atoms with van der Waals surface area (Å²) in [6, 6.07) is 3.61. The Hall–Kier alpha value is -1.13. The number of aromatic nitrogens is 1. The van der Waals surface area contributed by atoms with Crippen molar-refractivity contribution in [2.75, 3.05) is 11.9 Å². The third-order valence-electron chi connectivity index (χ3n) is 2.86. The highest BCUT2D eigenvalue weighted by molar-refractivity contribution is 6.29. The molecule has 2 atom stereocenters. The highest BCUT2D eigenvalue weighted by Gasteiger charge is 2.29. The van der Waals surface area contributed by atoms with Crippen molar-refractivity contribution in [3.05, 3.63) is 23.5 Å². The Bertz CT molecular complexity index is 397. The average Bonchev–Trinajstić information content (AvgIpc) is 2.64. The first-order valence-electron chi connectivity index (χ1n) is 5.32. The quantitative estimate of drug-likeness (QED) is 0.772. The van der Waals surface area contributed by atoms with Gasteiger partial charge in [-0.2, -0.15) is 0 Å². The molecule has 2 rings (SSSR count). The van der Waals surface area contributed by atoms with Crippen LogP contribution in [-0.2, 0) is 4.79 Å². The van der Waals surface area contributed by atoms with Crippen LogP contribution in [0, 0.1) is 5.92 Å². The molecule has 2 N–H and O–H groups in total. The largest absolute Gasteiger partial charge is 0.326 e. The highest BCUT2D eigenvalue weighted by atomic mass is 35.5. The minimum Gasteiger partial charge on any atom is -0.326 e. The Morgan fingerprint density at radius 2 is 2.50 bits per heavy atom. The topological polar surface area (TPSA) is 54.0 Å². The third-order valence-corrected chi connectivity index (χ3v) is 3.06. The van der Waals surface area contributed by atoms with E-state index in [1.165, 1.54) is 0 Å². The summed E-state index contributed by atoms with van der Waals surface area (Å²) in [7, 11) is 0. The summed E-state index contributed by atoms with van der Waals surface area (Å²) in [5.74, 6) is 0.0757. The van der Waals surface area contributed by atoms with Gasteiger partial charge in [-0.25, -0.2) is 4.98 Å². The molecule has 2 heterocycles. The first-order chi connectivity index (χ1) is 7.66. The fourth-order valence-electron chi connectivity index (χ4n) is 1.93. The summed E-state index contributed by atoms with van der Waals surface area (Å²) in [6.07, 6.45) is 2.46. The van der Waals surface area contributed by atoms with Crippen LogP contribution >= 0.6 is 11.6 Å². The fraction of sp³-hybridized carbons (Fsp3) is 0.455. The number of amides is 1. The van der Waals surface area contributed by atoms with E-state index in [4.69, 9.17) is 11.6 Å². The van der Waals surface area contributed by atoms with Crippen LogP contribution in [0.25, 0.3) is 0 Å². The van der Waals surface area contributed by atoms with Gasteiger partial charge in [0, 0.05) is 17.9 Å². The van der Waals surface area contributed by atoms with Crippen LogP contribution in [0.2, 0.25) is 5.15 Å². The molecule has 5 heteroatoms. The second-order valence-corrected chi connectivity index (χ2v) is 4.38. The van der Waals surface area contributed by atoms with E-state index in [1.54, 1.807) is 18.3 Å². The van der Waals surface area contributed by atoms with Gasteiger partial charge in [0.1, 0.15) is 5.15 Å². The van der Waals surface area contributed by atoms with E-state index in [1.807, 2.05) is 6.92 Å². The van der Waals surface area contributed by atoms with Crippen molar-refractivity contribution in [3.8, 4) is 0 Å². The van der Waals surface area contributed by atoms with Crippen molar-refractivity contribution in [1.82, 2.24) is 10.3 Å². The molecule has 1 aromatic rings. The molecule has 2 unspecified atom stereocenters. The van der Waals surface area contributed by atoms with E-state index in [2.05, 4.69) is 15.6 Å². The second-order valence-electron chi connectivity index (χ2n) is 3.99. The molecule has 0 bridgehead atoms. The highest BCUT2D eigenvalue weighted by Crippen LogP contribution is 2.18. The van der Waals surface area contributed by atoms with Crippen LogP contribution in [0.3, 0.4) is 0 Å². The van der Waals surface area contributed by atoms with Gasteiger partial charge >= 0.3 is 0 Å². The summed E-state index contributed by atoms with van der Waals surface area (Å²) < 4.78 is 0. The Morgan fingerprint density at radius 3 is 3.12 bits per heavy atom. The molecule has 1 fully saturated rings. The lowest BCUT2D eigenvalue weighted by Crippen LogP contribution is -2.32. The molecule has 1 aliphatic heterocycles. The maximum Gasteiger partial charge on any atom is 0.229 e. The SMILES string of the molecule is CC1NCCC1C(=O)Nc1ccnc(Cl)c1. The number of halogens is 1. The first-order valence-corrected chi connectivity index (χ1v) is 5.70. The lowest BCUT2D eigenvalue weighted by Gasteiger charge is -2.14. The average molecular weight is 240 g/mol. The molecular weight excluding hydrogens is 226 g/mol. The summed E-state index contributed by atoms with van der Waals surface area (Å²) in [5.41, 5.74) is 0.698. The number of anilines is 1. The molecule has 0 aromatic carbocycles. The molecule has 16 heavy (non-hydrogen) atoms. The lowest BCUT2D eigenvalue weighted by atomic mass is 10.0. The van der Waals surface area contributed by atoms with Crippen LogP contribution in [0.15, 0.2) is 18.3 Å². The number of hydrogen-bond acceptors (Lipinski definition) is 3. The van der Waals surface area contributed by atoms with Gasteiger partial charge in [0.25, 0.3) is 0 Å². The number of rotatable bonds is 2. The molecule has 1 aromatic heterocycles. The van der Waals surface area contributed by atoms with E-state index in [0.29, 0.717) is 10.8 Å². The monoisotopic (exact) mass is 239 g/mol. The van der Waals surface area contributed by atoms with Crippen molar-refractivity contribution < 1.29 is 4.79 Å². The van der Waals surface area contributed by atoms with Crippen LogP contribution in [0.1, 0.15) is 13.3 Å². The first kappa shape index (κ1) is 11.4. The van der Waals surface area contributed by atoms with Gasteiger partial charge in [0.05, 0.1) is 5.92 Å². The summed E-state index contributed by atoms with van der Waals surface area (Å²) in [6.45, 7) is 2.92. The van der Waals surface area contributed by atoms with Gasteiger partial charge in [-0.15, -0.1) is 0 Å². The predicted molar refractivity (Wildman–Crippen MR) is 63.4 cm³/mol. The molecule has 0 spiro atoms.